The van der Waals surface area contributed by atoms with Crippen LogP contribution in [0.5, 0.6) is 5.75 Å². The number of oxime groups is 1. The van der Waals surface area contributed by atoms with Gasteiger partial charge in [0.05, 0.1) is 20.1 Å². The molecule has 5 rings (SSSR count). The zero-order chi connectivity index (χ0) is 28.9. The van der Waals surface area contributed by atoms with E-state index >= 15 is 0 Å². The summed E-state index contributed by atoms with van der Waals surface area (Å²) in [6.45, 7) is 1.84. The van der Waals surface area contributed by atoms with Crippen molar-refractivity contribution in [3.63, 3.8) is 0 Å². The molecule has 1 fully saturated rings. The Bertz CT molecular complexity index is 1380. The number of ether oxygens (including phenoxy) is 3. The number of β-lactam (4-membered cyclic amide) rings is 1. The van der Waals surface area contributed by atoms with Crippen LogP contribution in [-0.2, 0) is 46.5 Å². The number of methoxy groups -OCH3 is 1. The maximum absolute atomic E-state index is 13.5. The fourth-order valence-corrected chi connectivity index (χ4v) is 6.04. The molecule has 0 aromatic heterocycles. The third kappa shape index (κ3) is 6.07. The molecule has 1 N–H and O–H groups in total. The van der Waals surface area contributed by atoms with Crippen molar-refractivity contribution in [1.29, 1.82) is 0 Å². The van der Waals surface area contributed by atoms with Gasteiger partial charge in [-0.3, -0.25) is 9.59 Å². The van der Waals surface area contributed by atoms with Gasteiger partial charge in [0.2, 0.25) is 11.8 Å². The zero-order valence-electron chi connectivity index (χ0n) is 22.5. The molecule has 0 bridgehead atoms. The number of hydrogen-bond donors (Lipinski definition) is 1. The van der Waals surface area contributed by atoms with E-state index in [9.17, 15) is 19.2 Å². The predicted molar refractivity (Wildman–Crippen MR) is 149 cm³/mol. The number of carbonyl (C=O) groups is 4. The fourth-order valence-electron chi connectivity index (χ4n) is 4.76. The SMILES string of the molecule is CCOC(=O)C1=NO[C@@H](C2=CSC3C(NC(=O)Cc4ccccc4)C(=O)N3[C@H]2C(=O)OCc2ccc(OC)cc2)C1. The minimum absolute atomic E-state index is 0.0280. The molecule has 0 radical (unpaired) electrons. The summed E-state index contributed by atoms with van der Waals surface area (Å²) in [5, 5.41) is 7.88. The molecular weight excluding hydrogens is 550 g/mol. The van der Waals surface area contributed by atoms with E-state index in [0.29, 0.717) is 11.3 Å². The second kappa shape index (κ2) is 12.5. The summed E-state index contributed by atoms with van der Waals surface area (Å²) < 4.78 is 15.8. The lowest BCUT2D eigenvalue weighted by molar-refractivity contribution is -0.164. The molecule has 41 heavy (non-hydrogen) atoms. The molecule has 2 amide bonds. The molecule has 12 heteroatoms. The van der Waals surface area contributed by atoms with Gasteiger partial charge in [0, 0.05) is 12.0 Å². The largest absolute Gasteiger partial charge is 0.497 e. The highest BCUT2D eigenvalue weighted by Crippen LogP contribution is 2.43. The summed E-state index contributed by atoms with van der Waals surface area (Å²) in [6.07, 6.45) is -0.557. The molecule has 3 aliphatic heterocycles. The first-order valence-electron chi connectivity index (χ1n) is 13.1. The molecule has 0 spiro atoms. The van der Waals surface area contributed by atoms with E-state index in [1.54, 1.807) is 43.7 Å². The van der Waals surface area contributed by atoms with Gasteiger partial charge in [-0.2, -0.15) is 0 Å². The number of nitrogens with zero attached hydrogens (tertiary/aromatic N) is 2. The van der Waals surface area contributed by atoms with E-state index in [1.165, 1.54) is 16.7 Å². The topological polar surface area (TPSA) is 133 Å². The van der Waals surface area contributed by atoms with E-state index in [0.717, 1.165) is 11.1 Å². The van der Waals surface area contributed by atoms with Crippen LogP contribution in [0.3, 0.4) is 0 Å². The minimum atomic E-state index is -1.11. The number of nitrogens with one attached hydrogen (secondary N) is 1. The van der Waals surface area contributed by atoms with Gasteiger partial charge in [-0.15, -0.1) is 11.8 Å². The minimum Gasteiger partial charge on any atom is -0.497 e. The number of benzene rings is 2. The number of fused-ring (bicyclic) bond motifs is 1. The predicted octanol–water partition coefficient (Wildman–Crippen LogP) is 2.34. The molecule has 11 nitrogen and oxygen atoms in total. The fraction of sp³-hybridized carbons (Fsp3) is 0.345. The molecule has 0 saturated carbocycles. The first-order valence-corrected chi connectivity index (χ1v) is 14.0. The van der Waals surface area contributed by atoms with Crippen molar-refractivity contribution >= 4 is 41.2 Å². The lowest BCUT2D eigenvalue weighted by Crippen LogP contribution is -2.74. The smallest absolute Gasteiger partial charge is 0.356 e. The van der Waals surface area contributed by atoms with Gasteiger partial charge in [-0.05, 0) is 35.6 Å². The molecular formula is C29H29N3O8S. The van der Waals surface area contributed by atoms with Crippen LogP contribution in [0.25, 0.3) is 0 Å². The average Bonchev–Trinajstić information content (AvgIpc) is 3.49. The van der Waals surface area contributed by atoms with Crippen molar-refractivity contribution in [2.24, 2.45) is 5.16 Å². The Morgan fingerprint density at radius 2 is 1.83 bits per heavy atom. The van der Waals surface area contributed by atoms with Crippen LogP contribution in [0.4, 0.5) is 0 Å². The monoisotopic (exact) mass is 579 g/mol. The van der Waals surface area contributed by atoms with Crippen LogP contribution in [0.15, 0.2) is 70.7 Å². The Hall–Kier alpha value is -4.32. The number of esters is 2. The summed E-state index contributed by atoms with van der Waals surface area (Å²) >= 11 is 1.29. The molecule has 214 valence electrons. The summed E-state index contributed by atoms with van der Waals surface area (Å²) in [5.74, 6) is -1.30. The van der Waals surface area contributed by atoms with Crippen LogP contribution in [0.1, 0.15) is 24.5 Å². The van der Waals surface area contributed by atoms with E-state index < -0.39 is 41.4 Å². The van der Waals surface area contributed by atoms with Crippen molar-refractivity contribution in [2.45, 2.75) is 49.9 Å². The van der Waals surface area contributed by atoms with Crippen LogP contribution in [-0.4, -0.2) is 71.6 Å². The Morgan fingerprint density at radius 3 is 2.54 bits per heavy atom. The summed E-state index contributed by atoms with van der Waals surface area (Å²) in [4.78, 5) is 58.7. The van der Waals surface area contributed by atoms with Gasteiger partial charge < -0.3 is 29.3 Å². The highest BCUT2D eigenvalue weighted by Gasteiger charge is 2.57. The first-order chi connectivity index (χ1) is 19.9. The zero-order valence-corrected chi connectivity index (χ0v) is 23.3. The third-order valence-electron chi connectivity index (χ3n) is 6.86. The standard InChI is InChI=1S/C29H29N3O8S/c1-3-38-28(35)21-14-22(40-31-21)20-16-41-27-24(30-23(33)13-17-7-5-4-6-8-17)26(34)32(27)25(20)29(36)39-15-18-9-11-19(37-2)12-10-18/h4-12,16,22,24-25,27H,3,13-15H2,1-2H3,(H,30,33)/t22-,24?,25-,27?/m1/s1. The summed E-state index contributed by atoms with van der Waals surface area (Å²) in [6, 6.07) is 14.3. The highest BCUT2D eigenvalue weighted by atomic mass is 32.2. The molecule has 2 aromatic rings. The Balaban J connectivity index is 1.31. The van der Waals surface area contributed by atoms with Crippen LogP contribution < -0.4 is 10.1 Å². The second-order valence-electron chi connectivity index (χ2n) is 9.51. The van der Waals surface area contributed by atoms with Crippen molar-refractivity contribution in [2.75, 3.05) is 13.7 Å². The molecule has 4 atom stereocenters. The highest BCUT2D eigenvalue weighted by molar-refractivity contribution is 8.03. The van der Waals surface area contributed by atoms with Crippen LogP contribution >= 0.6 is 11.8 Å². The van der Waals surface area contributed by atoms with Gasteiger partial charge in [0.25, 0.3) is 0 Å². The van der Waals surface area contributed by atoms with E-state index in [1.807, 2.05) is 30.3 Å². The Labute approximate surface area is 240 Å². The molecule has 0 aliphatic carbocycles. The van der Waals surface area contributed by atoms with Gasteiger partial charge in [-0.25, -0.2) is 9.59 Å². The Morgan fingerprint density at radius 1 is 1.07 bits per heavy atom. The maximum Gasteiger partial charge on any atom is 0.356 e. The van der Waals surface area contributed by atoms with Gasteiger partial charge in [-0.1, -0.05) is 47.6 Å². The average molecular weight is 580 g/mol. The number of rotatable bonds is 10. The molecule has 1 saturated heterocycles. The van der Waals surface area contributed by atoms with E-state index in [4.69, 9.17) is 19.0 Å². The number of thioether (sulfide) groups is 1. The van der Waals surface area contributed by atoms with Crippen molar-refractivity contribution in [3.8, 4) is 5.75 Å². The third-order valence-corrected chi connectivity index (χ3v) is 8.04. The van der Waals surface area contributed by atoms with Gasteiger partial charge in [0.1, 0.15) is 23.8 Å². The lowest BCUT2D eigenvalue weighted by atomic mass is 9.93. The van der Waals surface area contributed by atoms with Crippen LogP contribution in [0.2, 0.25) is 0 Å². The number of amides is 2. The lowest BCUT2D eigenvalue weighted by Gasteiger charge is -2.52. The van der Waals surface area contributed by atoms with Crippen molar-refractivity contribution in [1.82, 2.24) is 10.2 Å². The second-order valence-corrected chi connectivity index (χ2v) is 10.5. The van der Waals surface area contributed by atoms with Crippen LogP contribution in [0, 0.1) is 0 Å². The molecule has 3 heterocycles. The first kappa shape index (κ1) is 28.2. The summed E-state index contributed by atoms with van der Waals surface area (Å²) in [5.41, 5.74) is 2.09. The summed E-state index contributed by atoms with van der Waals surface area (Å²) in [7, 11) is 1.56. The maximum atomic E-state index is 13.5. The van der Waals surface area contributed by atoms with Crippen molar-refractivity contribution in [3.05, 3.63) is 76.7 Å². The number of carbonyl (C=O) groups excluding carboxylic acids is 4. The van der Waals surface area contributed by atoms with E-state index in [-0.39, 0.29) is 37.7 Å². The molecule has 2 unspecified atom stereocenters. The van der Waals surface area contributed by atoms with Gasteiger partial charge in [0.15, 0.2) is 17.9 Å². The normalized spacial score (nSPS) is 22.8. The van der Waals surface area contributed by atoms with E-state index in [2.05, 4.69) is 10.5 Å². The quantitative estimate of drug-likeness (QED) is 0.333. The molecule has 3 aliphatic rings. The van der Waals surface area contributed by atoms with Crippen molar-refractivity contribution < 1.29 is 38.2 Å². The molecule has 2 aromatic carbocycles. The number of hydrogen-bond acceptors (Lipinski definition) is 10. The Kier molecular flexibility index (Phi) is 8.58. The van der Waals surface area contributed by atoms with Gasteiger partial charge >= 0.3 is 11.9 Å².